The summed E-state index contributed by atoms with van der Waals surface area (Å²) in [4.78, 5) is 15.7. The number of piperidine rings is 1. The molecule has 0 amide bonds. The third kappa shape index (κ3) is 6.63. The number of nitrogens with zero attached hydrogens (tertiary/aromatic N) is 4. The van der Waals surface area contributed by atoms with Gasteiger partial charge < -0.3 is 20.9 Å². The summed E-state index contributed by atoms with van der Waals surface area (Å²) in [5, 5.41) is 9.97. The van der Waals surface area contributed by atoms with Gasteiger partial charge in [-0.15, -0.1) is 13.2 Å². The lowest BCUT2D eigenvalue weighted by Crippen LogP contribution is -2.44. The molecule has 0 radical (unpaired) electrons. The Labute approximate surface area is 210 Å². The summed E-state index contributed by atoms with van der Waals surface area (Å²) in [6, 6.07) is 12.9. The number of anilines is 3. The fourth-order valence-corrected chi connectivity index (χ4v) is 4.17. The highest BCUT2D eigenvalue weighted by Crippen LogP contribution is 2.26. The maximum Gasteiger partial charge on any atom is 0.231 e. The van der Waals surface area contributed by atoms with Crippen molar-refractivity contribution in [3.63, 3.8) is 0 Å². The SMILES string of the molecule is C=CCNc1nc(NCC=C)nc(N2CCC(NC(c3ccc(F)cc3)c3ccc(F)cc3)CC2)n1. The van der Waals surface area contributed by atoms with E-state index in [1.807, 2.05) is 0 Å². The summed E-state index contributed by atoms with van der Waals surface area (Å²) in [7, 11) is 0. The third-order valence-corrected chi connectivity index (χ3v) is 6.02. The van der Waals surface area contributed by atoms with Crippen LogP contribution in [0.5, 0.6) is 0 Å². The number of aromatic nitrogens is 3. The van der Waals surface area contributed by atoms with Crippen LogP contribution in [0.1, 0.15) is 30.0 Å². The highest BCUT2D eigenvalue weighted by atomic mass is 19.1. The lowest BCUT2D eigenvalue weighted by Gasteiger charge is -2.35. The normalized spacial score (nSPS) is 14.0. The van der Waals surface area contributed by atoms with E-state index in [1.54, 1.807) is 36.4 Å². The maximum absolute atomic E-state index is 13.6. The fourth-order valence-electron chi connectivity index (χ4n) is 4.17. The van der Waals surface area contributed by atoms with E-state index in [-0.39, 0.29) is 23.7 Å². The number of hydrogen-bond donors (Lipinski definition) is 3. The van der Waals surface area contributed by atoms with Crippen molar-refractivity contribution in [3.8, 4) is 0 Å². The van der Waals surface area contributed by atoms with Crippen molar-refractivity contribution in [3.05, 3.63) is 96.6 Å². The molecule has 2 aromatic carbocycles. The second kappa shape index (κ2) is 12.2. The van der Waals surface area contributed by atoms with Crippen LogP contribution in [0, 0.1) is 11.6 Å². The molecule has 1 saturated heterocycles. The van der Waals surface area contributed by atoms with Gasteiger partial charge in [0.2, 0.25) is 17.8 Å². The predicted molar refractivity (Wildman–Crippen MR) is 140 cm³/mol. The highest BCUT2D eigenvalue weighted by Gasteiger charge is 2.25. The molecular weight excluding hydrogens is 460 g/mol. The molecule has 3 aromatic rings. The van der Waals surface area contributed by atoms with Gasteiger partial charge in [0.25, 0.3) is 0 Å². The van der Waals surface area contributed by atoms with Crippen LogP contribution < -0.4 is 20.9 Å². The van der Waals surface area contributed by atoms with Crippen molar-refractivity contribution in [1.29, 1.82) is 0 Å². The molecular formula is C27H31F2N7. The molecule has 1 fully saturated rings. The average Bonchev–Trinajstić information content (AvgIpc) is 2.91. The van der Waals surface area contributed by atoms with E-state index in [4.69, 9.17) is 0 Å². The molecule has 0 unspecified atom stereocenters. The summed E-state index contributed by atoms with van der Waals surface area (Å²) in [6.45, 7) is 10.1. The van der Waals surface area contributed by atoms with Gasteiger partial charge in [-0.3, -0.25) is 0 Å². The molecule has 3 N–H and O–H groups in total. The van der Waals surface area contributed by atoms with E-state index in [0.717, 1.165) is 37.1 Å². The average molecular weight is 492 g/mol. The second-order valence-electron chi connectivity index (χ2n) is 8.59. The first-order valence-electron chi connectivity index (χ1n) is 12.0. The highest BCUT2D eigenvalue weighted by molar-refractivity contribution is 5.44. The van der Waals surface area contributed by atoms with E-state index in [9.17, 15) is 8.78 Å². The molecule has 36 heavy (non-hydrogen) atoms. The summed E-state index contributed by atoms with van der Waals surface area (Å²) < 4.78 is 27.1. The first kappa shape index (κ1) is 25.2. The van der Waals surface area contributed by atoms with Crippen LogP contribution in [0.3, 0.4) is 0 Å². The minimum absolute atomic E-state index is 0.177. The van der Waals surface area contributed by atoms with Gasteiger partial charge in [-0.25, -0.2) is 8.78 Å². The molecule has 1 aromatic heterocycles. The Hall–Kier alpha value is -3.85. The predicted octanol–water partition coefficient (Wildman–Crippen LogP) is 4.69. The molecule has 9 heteroatoms. The van der Waals surface area contributed by atoms with E-state index in [1.165, 1.54) is 24.3 Å². The Balaban J connectivity index is 1.47. The van der Waals surface area contributed by atoms with E-state index < -0.39 is 0 Å². The van der Waals surface area contributed by atoms with Gasteiger partial charge in [-0.2, -0.15) is 15.0 Å². The van der Waals surface area contributed by atoms with Crippen LogP contribution in [0.4, 0.5) is 26.6 Å². The Morgan fingerprint density at radius 1 is 0.806 bits per heavy atom. The quantitative estimate of drug-likeness (QED) is 0.336. The zero-order valence-corrected chi connectivity index (χ0v) is 20.1. The van der Waals surface area contributed by atoms with Crippen LogP contribution in [-0.2, 0) is 0 Å². The van der Waals surface area contributed by atoms with Crippen molar-refractivity contribution in [2.75, 3.05) is 41.7 Å². The number of hydrogen-bond acceptors (Lipinski definition) is 7. The van der Waals surface area contributed by atoms with Gasteiger partial charge in [0.15, 0.2) is 0 Å². The monoisotopic (exact) mass is 491 g/mol. The van der Waals surface area contributed by atoms with Gasteiger partial charge in [-0.1, -0.05) is 36.4 Å². The molecule has 0 atom stereocenters. The van der Waals surface area contributed by atoms with Crippen molar-refractivity contribution in [2.24, 2.45) is 0 Å². The van der Waals surface area contributed by atoms with Crippen LogP contribution in [0.25, 0.3) is 0 Å². The van der Waals surface area contributed by atoms with Crippen molar-refractivity contribution in [2.45, 2.75) is 24.9 Å². The Morgan fingerprint density at radius 2 is 1.28 bits per heavy atom. The molecule has 1 aliphatic rings. The molecule has 0 spiro atoms. The Kier molecular flexibility index (Phi) is 8.57. The van der Waals surface area contributed by atoms with E-state index in [2.05, 4.69) is 49.0 Å². The van der Waals surface area contributed by atoms with Gasteiger partial charge >= 0.3 is 0 Å². The largest absolute Gasteiger partial charge is 0.351 e. The molecule has 1 aliphatic heterocycles. The lowest BCUT2D eigenvalue weighted by atomic mass is 9.95. The minimum atomic E-state index is -0.286. The maximum atomic E-state index is 13.6. The number of rotatable bonds is 11. The number of nitrogens with one attached hydrogen (secondary N) is 3. The number of benzene rings is 2. The van der Waals surface area contributed by atoms with Gasteiger partial charge in [-0.05, 0) is 48.2 Å². The van der Waals surface area contributed by atoms with Crippen LogP contribution >= 0.6 is 0 Å². The second-order valence-corrected chi connectivity index (χ2v) is 8.59. The van der Waals surface area contributed by atoms with E-state index >= 15 is 0 Å². The molecule has 0 bridgehead atoms. The van der Waals surface area contributed by atoms with Crippen molar-refractivity contribution < 1.29 is 8.78 Å². The summed E-state index contributed by atoms with van der Waals surface area (Å²) >= 11 is 0. The topological polar surface area (TPSA) is 78.0 Å². The fraction of sp³-hybridized carbons (Fsp3) is 0.296. The van der Waals surface area contributed by atoms with Crippen LogP contribution in [0.2, 0.25) is 0 Å². The first-order chi connectivity index (χ1) is 17.6. The zero-order valence-electron chi connectivity index (χ0n) is 20.1. The van der Waals surface area contributed by atoms with Gasteiger partial charge in [0, 0.05) is 32.2 Å². The standard InChI is InChI=1S/C27H31F2N7/c1-3-15-30-25-33-26(31-16-4-2)35-27(34-25)36-17-13-23(14-18-36)32-24(19-5-9-21(28)10-6-19)20-7-11-22(29)12-8-20/h3-12,23-24,32H,1-2,13-18H2,(H2,30,31,33,34,35). The molecule has 2 heterocycles. The van der Waals surface area contributed by atoms with Gasteiger partial charge in [0.05, 0.1) is 6.04 Å². The Morgan fingerprint density at radius 3 is 1.72 bits per heavy atom. The zero-order chi connectivity index (χ0) is 25.3. The first-order valence-corrected chi connectivity index (χ1v) is 12.0. The Bertz CT molecular complexity index is 1070. The van der Waals surface area contributed by atoms with Crippen LogP contribution in [0.15, 0.2) is 73.8 Å². The number of halogens is 2. The van der Waals surface area contributed by atoms with E-state index in [0.29, 0.717) is 30.9 Å². The molecule has 0 saturated carbocycles. The lowest BCUT2D eigenvalue weighted by molar-refractivity contribution is 0.388. The molecule has 7 nitrogen and oxygen atoms in total. The molecule has 4 rings (SSSR count). The van der Waals surface area contributed by atoms with Crippen molar-refractivity contribution >= 4 is 17.8 Å². The van der Waals surface area contributed by atoms with Crippen molar-refractivity contribution in [1.82, 2.24) is 20.3 Å². The van der Waals surface area contributed by atoms with Crippen LogP contribution in [-0.4, -0.2) is 47.2 Å². The summed E-state index contributed by atoms with van der Waals surface area (Å²) in [5.41, 5.74) is 1.86. The molecule has 188 valence electrons. The minimum Gasteiger partial charge on any atom is -0.351 e. The smallest absolute Gasteiger partial charge is 0.231 e. The summed E-state index contributed by atoms with van der Waals surface area (Å²) in [5.74, 6) is 1.01. The third-order valence-electron chi connectivity index (χ3n) is 6.02. The summed E-state index contributed by atoms with van der Waals surface area (Å²) in [6.07, 6.45) is 5.21. The molecule has 0 aliphatic carbocycles. The van der Waals surface area contributed by atoms with Gasteiger partial charge in [0.1, 0.15) is 11.6 Å².